The largest absolute Gasteiger partial charge is 0.516 e. The van der Waals surface area contributed by atoms with Gasteiger partial charge in [0.25, 0.3) is 0 Å². The Morgan fingerprint density at radius 3 is 2.25 bits per heavy atom. The van der Waals surface area contributed by atoms with Gasteiger partial charge in [-0.1, -0.05) is 0 Å². The van der Waals surface area contributed by atoms with E-state index in [0.29, 0.717) is 5.59 Å². The van der Waals surface area contributed by atoms with E-state index in [0.717, 1.165) is 0 Å². The minimum Gasteiger partial charge on any atom is -0.398 e. The van der Waals surface area contributed by atoms with Gasteiger partial charge in [0.2, 0.25) is 0 Å². The van der Waals surface area contributed by atoms with Crippen molar-refractivity contribution >= 4 is 12.7 Å². The fraction of sp³-hybridized carbons (Fsp3) is 0.750. The zero-order valence-electron chi connectivity index (χ0n) is 12.0. The third-order valence-electron chi connectivity index (χ3n) is 3.78. The predicted molar refractivity (Wildman–Crippen MR) is 68.6 cm³/mol. The fourth-order valence-electron chi connectivity index (χ4n) is 1.83. The molecule has 1 aromatic rings. The summed E-state index contributed by atoms with van der Waals surface area (Å²) in [4.78, 5) is 0. The fourth-order valence-corrected chi connectivity index (χ4v) is 1.83. The highest BCUT2D eigenvalue weighted by Gasteiger charge is 2.52. The van der Waals surface area contributed by atoms with Crippen molar-refractivity contribution in [2.75, 3.05) is 0 Å². The van der Waals surface area contributed by atoms with Gasteiger partial charge in [-0.05, 0) is 33.8 Å². The lowest BCUT2D eigenvalue weighted by atomic mass is 9.85. The topological polar surface area (TPSA) is 36.3 Å². The molecule has 0 atom stereocenters. The third-order valence-corrected chi connectivity index (χ3v) is 3.78. The first-order chi connectivity index (χ1) is 9.00. The van der Waals surface area contributed by atoms with Gasteiger partial charge in [0.15, 0.2) is 0 Å². The number of hydrogen-bond acceptors (Lipinski definition) is 3. The lowest BCUT2D eigenvalue weighted by Crippen LogP contribution is -2.41. The lowest BCUT2D eigenvalue weighted by Gasteiger charge is -2.32. The molecule has 4 nitrogen and oxygen atoms in total. The summed E-state index contributed by atoms with van der Waals surface area (Å²) in [5, 5.41) is 4.09. The average Bonchev–Trinajstić information content (AvgIpc) is 2.79. The van der Waals surface area contributed by atoms with Gasteiger partial charge in [-0.3, -0.25) is 4.68 Å². The van der Waals surface area contributed by atoms with Crippen LogP contribution in [-0.2, 0) is 15.9 Å². The van der Waals surface area contributed by atoms with Crippen LogP contribution in [0.5, 0.6) is 0 Å². The molecule has 1 aromatic heterocycles. The van der Waals surface area contributed by atoms with Crippen LogP contribution in [0.15, 0.2) is 12.3 Å². The summed E-state index contributed by atoms with van der Waals surface area (Å²) in [5.41, 5.74) is -0.494. The van der Waals surface area contributed by atoms with Crippen molar-refractivity contribution in [1.29, 1.82) is 0 Å². The Kier molecular flexibility index (Phi) is 3.67. The Bertz CT molecular complexity index is 469. The van der Waals surface area contributed by atoms with E-state index in [2.05, 4.69) is 5.10 Å². The molecule has 1 aliphatic heterocycles. The van der Waals surface area contributed by atoms with E-state index < -0.39 is 30.9 Å². The molecule has 1 saturated heterocycles. The molecule has 1 fully saturated rings. The number of halogens is 3. The normalized spacial score (nSPS) is 21.4. The van der Waals surface area contributed by atoms with E-state index in [-0.39, 0.29) is 6.54 Å². The Morgan fingerprint density at radius 2 is 1.75 bits per heavy atom. The smallest absolute Gasteiger partial charge is 0.398 e. The third kappa shape index (κ3) is 3.17. The summed E-state index contributed by atoms with van der Waals surface area (Å²) in [6.45, 7) is 7.44. The zero-order chi connectivity index (χ0) is 15.2. The van der Waals surface area contributed by atoms with Crippen LogP contribution in [0.2, 0.25) is 0 Å². The molecule has 0 bridgehead atoms. The summed E-state index contributed by atoms with van der Waals surface area (Å²) in [5.74, 6) is 0. The molecule has 8 heteroatoms. The standard InChI is InChI=1S/C12H18BF3N2O2/c1-10(2)11(3,4)20-13(19-10)9-5-7-18(17-9)8-6-12(14,15)16/h5,7H,6,8H2,1-4H3. The number of aromatic nitrogens is 2. The highest BCUT2D eigenvalue weighted by Crippen LogP contribution is 2.36. The summed E-state index contributed by atoms with van der Waals surface area (Å²) in [6.07, 6.45) is -3.58. The van der Waals surface area contributed by atoms with E-state index in [4.69, 9.17) is 9.31 Å². The summed E-state index contributed by atoms with van der Waals surface area (Å²) in [7, 11) is -0.646. The van der Waals surface area contributed by atoms with Crippen LogP contribution >= 0.6 is 0 Å². The maximum Gasteiger partial charge on any atom is 0.516 e. The van der Waals surface area contributed by atoms with Crippen LogP contribution in [-0.4, -0.2) is 34.3 Å². The van der Waals surface area contributed by atoms with Crippen molar-refractivity contribution in [3.63, 3.8) is 0 Å². The molecule has 2 heterocycles. The van der Waals surface area contributed by atoms with Gasteiger partial charge in [-0.15, -0.1) is 0 Å². The van der Waals surface area contributed by atoms with Gasteiger partial charge in [0, 0.05) is 12.7 Å². The Hall–Kier alpha value is -1.02. The highest BCUT2D eigenvalue weighted by molar-refractivity contribution is 6.61. The minimum absolute atomic E-state index is 0.205. The van der Waals surface area contributed by atoms with Gasteiger partial charge in [0.1, 0.15) is 0 Å². The maximum absolute atomic E-state index is 12.2. The van der Waals surface area contributed by atoms with E-state index in [9.17, 15) is 13.2 Å². The quantitative estimate of drug-likeness (QED) is 0.800. The molecule has 1 aliphatic rings. The Labute approximate surface area is 116 Å². The van der Waals surface area contributed by atoms with Crippen LogP contribution < -0.4 is 5.59 Å². The first kappa shape index (κ1) is 15.4. The molecule has 0 aliphatic carbocycles. The monoisotopic (exact) mass is 290 g/mol. The molecule has 0 amide bonds. The minimum atomic E-state index is -4.18. The Balaban J connectivity index is 2.04. The second-order valence-electron chi connectivity index (χ2n) is 5.96. The molecular weight excluding hydrogens is 272 g/mol. The number of aryl methyl sites for hydroxylation is 1. The van der Waals surface area contributed by atoms with E-state index >= 15 is 0 Å². The van der Waals surface area contributed by atoms with Crippen LogP contribution in [0.1, 0.15) is 34.1 Å². The molecular formula is C12H18BF3N2O2. The van der Waals surface area contributed by atoms with Gasteiger partial charge < -0.3 is 9.31 Å². The SMILES string of the molecule is CC1(C)OB(c2ccn(CCC(F)(F)F)n2)OC1(C)C. The molecule has 0 spiro atoms. The number of hydrogen-bond donors (Lipinski definition) is 0. The first-order valence-corrected chi connectivity index (χ1v) is 6.46. The van der Waals surface area contributed by atoms with E-state index in [1.807, 2.05) is 27.7 Å². The molecule has 0 aromatic carbocycles. The number of rotatable bonds is 3. The molecule has 20 heavy (non-hydrogen) atoms. The van der Waals surface area contributed by atoms with Crippen LogP contribution in [0.25, 0.3) is 0 Å². The van der Waals surface area contributed by atoms with Crippen LogP contribution in [0.4, 0.5) is 13.2 Å². The number of nitrogens with zero attached hydrogens (tertiary/aromatic N) is 2. The molecule has 2 rings (SSSR count). The predicted octanol–water partition coefficient (Wildman–Crippen LogP) is 2.13. The zero-order valence-corrected chi connectivity index (χ0v) is 12.0. The lowest BCUT2D eigenvalue weighted by molar-refractivity contribution is -0.137. The Morgan fingerprint density at radius 1 is 1.20 bits per heavy atom. The van der Waals surface area contributed by atoms with Gasteiger partial charge in [-0.2, -0.15) is 18.3 Å². The van der Waals surface area contributed by atoms with Crippen molar-refractivity contribution in [2.24, 2.45) is 0 Å². The van der Waals surface area contributed by atoms with Gasteiger partial charge >= 0.3 is 13.3 Å². The van der Waals surface area contributed by atoms with Crippen molar-refractivity contribution in [3.05, 3.63) is 12.3 Å². The van der Waals surface area contributed by atoms with Gasteiger partial charge in [-0.25, -0.2) is 0 Å². The van der Waals surface area contributed by atoms with E-state index in [1.54, 1.807) is 6.07 Å². The maximum atomic E-state index is 12.2. The average molecular weight is 290 g/mol. The van der Waals surface area contributed by atoms with Gasteiger partial charge in [0.05, 0.1) is 23.2 Å². The van der Waals surface area contributed by atoms with Crippen molar-refractivity contribution < 1.29 is 22.5 Å². The van der Waals surface area contributed by atoms with Crippen LogP contribution in [0.3, 0.4) is 0 Å². The summed E-state index contributed by atoms with van der Waals surface area (Å²) >= 11 is 0. The first-order valence-electron chi connectivity index (χ1n) is 6.46. The second kappa shape index (κ2) is 4.77. The molecule has 0 N–H and O–H groups in total. The molecule has 0 saturated carbocycles. The van der Waals surface area contributed by atoms with E-state index in [1.165, 1.54) is 10.9 Å². The number of alkyl halides is 3. The second-order valence-corrected chi connectivity index (χ2v) is 5.96. The molecule has 0 unspecified atom stereocenters. The summed E-state index contributed by atoms with van der Waals surface area (Å²) in [6, 6.07) is 1.62. The molecule has 112 valence electrons. The van der Waals surface area contributed by atoms with Crippen LogP contribution in [0, 0.1) is 0 Å². The van der Waals surface area contributed by atoms with Crippen molar-refractivity contribution in [1.82, 2.24) is 9.78 Å². The van der Waals surface area contributed by atoms with Crippen molar-refractivity contribution in [3.8, 4) is 0 Å². The summed E-state index contributed by atoms with van der Waals surface area (Å²) < 4.78 is 49.3. The highest BCUT2D eigenvalue weighted by atomic mass is 19.4. The molecule has 0 radical (unpaired) electrons. The van der Waals surface area contributed by atoms with Crippen molar-refractivity contribution in [2.45, 2.75) is 58.0 Å².